The van der Waals surface area contributed by atoms with Gasteiger partial charge < -0.3 is 10.2 Å². The van der Waals surface area contributed by atoms with E-state index in [9.17, 15) is 9.59 Å². The van der Waals surface area contributed by atoms with Gasteiger partial charge in [-0.2, -0.15) is 0 Å². The van der Waals surface area contributed by atoms with Crippen LogP contribution in [0.1, 0.15) is 30.4 Å². The van der Waals surface area contributed by atoms with Crippen LogP contribution in [0.3, 0.4) is 0 Å². The van der Waals surface area contributed by atoms with Crippen LogP contribution in [-0.2, 0) is 16.1 Å². The Morgan fingerprint density at radius 1 is 1.33 bits per heavy atom. The summed E-state index contributed by atoms with van der Waals surface area (Å²) in [5.74, 6) is -0.00158. The summed E-state index contributed by atoms with van der Waals surface area (Å²) in [6.07, 6.45) is 7.83. The Bertz CT molecular complexity index is 966. The molecule has 3 atom stereocenters. The van der Waals surface area contributed by atoms with Gasteiger partial charge in [0.25, 0.3) is 5.91 Å². The number of nitrogens with zero attached hydrogens (tertiary/aromatic N) is 2. The van der Waals surface area contributed by atoms with Gasteiger partial charge in [0.2, 0.25) is 5.91 Å². The third kappa shape index (κ3) is 4.71. The van der Waals surface area contributed by atoms with E-state index in [1.807, 2.05) is 54.4 Å². The van der Waals surface area contributed by atoms with Gasteiger partial charge in [-0.25, -0.2) is 0 Å². The van der Waals surface area contributed by atoms with Crippen molar-refractivity contribution in [3.05, 3.63) is 69.8 Å². The highest BCUT2D eigenvalue weighted by molar-refractivity contribution is 8.04. The number of rotatable bonds is 4. The molecule has 1 aromatic carbocycles. The number of carbonyl (C=O) groups excluding carboxylic acids is 2. The summed E-state index contributed by atoms with van der Waals surface area (Å²) in [5.41, 5.74) is 1.91. The fourth-order valence-corrected chi connectivity index (χ4v) is 5.80. The average molecular weight is 442 g/mol. The first-order valence-corrected chi connectivity index (χ1v) is 11.3. The van der Waals surface area contributed by atoms with Gasteiger partial charge in [-0.15, -0.1) is 11.8 Å². The summed E-state index contributed by atoms with van der Waals surface area (Å²) in [6.45, 7) is 0.479. The van der Waals surface area contributed by atoms with Crippen molar-refractivity contribution < 1.29 is 9.59 Å². The average Bonchev–Trinajstić information content (AvgIpc) is 2.76. The van der Waals surface area contributed by atoms with Gasteiger partial charge in [0.05, 0.1) is 4.91 Å². The molecule has 1 saturated heterocycles. The van der Waals surface area contributed by atoms with Crippen LogP contribution in [0.2, 0.25) is 5.02 Å². The molecule has 2 amide bonds. The summed E-state index contributed by atoms with van der Waals surface area (Å²) in [4.78, 5) is 32.3. The van der Waals surface area contributed by atoms with Gasteiger partial charge in [0.15, 0.2) is 0 Å². The van der Waals surface area contributed by atoms with E-state index >= 15 is 0 Å². The number of benzene rings is 1. The van der Waals surface area contributed by atoms with Crippen molar-refractivity contribution >= 4 is 41.3 Å². The number of hydrogen-bond acceptors (Lipinski definition) is 4. The van der Waals surface area contributed by atoms with E-state index in [1.165, 1.54) is 0 Å². The van der Waals surface area contributed by atoms with Crippen LogP contribution in [0.25, 0.3) is 6.08 Å². The monoisotopic (exact) mass is 441 g/mol. The third-order valence-electron chi connectivity index (χ3n) is 5.77. The van der Waals surface area contributed by atoms with Crippen molar-refractivity contribution in [3.8, 4) is 0 Å². The zero-order valence-corrected chi connectivity index (χ0v) is 18.3. The maximum atomic E-state index is 13.0. The first-order valence-electron chi connectivity index (χ1n) is 10.1. The SMILES string of the molecule is CN1C(=O)/C(=C/c2cccc(Cl)c2)SC2CCC(C(=O)NCc3cccnc3)CC21. The fraction of sp³-hybridized carbons (Fsp3) is 0.348. The Kier molecular flexibility index (Phi) is 6.44. The molecule has 1 aliphatic carbocycles. The molecule has 1 saturated carbocycles. The minimum Gasteiger partial charge on any atom is -0.352 e. The lowest BCUT2D eigenvalue weighted by atomic mass is 9.83. The first kappa shape index (κ1) is 20.9. The Morgan fingerprint density at radius 3 is 2.97 bits per heavy atom. The lowest BCUT2D eigenvalue weighted by Crippen LogP contribution is -2.52. The largest absolute Gasteiger partial charge is 0.352 e. The molecule has 5 nitrogen and oxygen atoms in total. The number of thioether (sulfide) groups is 1. The van der Waals surface area contributed by atoms with Crippen LogP contribution in [0.15, 0.2) is 53.7 Å². The van der Waals surface area contributed by atoms with Gasteiger partial charge >= 0.3 is 0 Å². The maximum Gasteiger partial charge on any atom is 0.260 e. The van der Waals surface area contributed by atoms with Gasteiger partial charge in [-0.3, -0.25) is 14.6 Å². The molecule has 7 heteroatoms. The smallest absolute Gasteiger partial charge is 0.260 e. The number of hydrogen-bond donors (Lipinski definition) is 1. The Morgan fingerprint density at radius 2 is 2.20 bits per heavy atom. The summed E-state index contributed by atoms with van der Waals surface area (Å²) in [5, 5.41) is 3.98. The number of aromatic nitrogens is 1. The van der Waals surface area contributed by atoms with Gasteiger partial charge in [-0.1, -0.05) is 29.8 Å². The number of amides is 2. The molecule has 2 aromatic rings. The molecular weight excluding hydrogens is 418 g/mol. The summed E-state index contributed by atoms with van der Waals surface area (Å²) < 4.78 is 0. The molecule has 0 spiro atoms. The summed E-state index contributed by atoms with van der Waals surface area (Å²) in [6, 6.07) is 11.4. The Labute approximate surface area is 185 Å². The molecule has 30 heavy (non-hydrogen) atoms. The van der Waals surface area contributed by atoms with E-state index in [4.69, 9.17) is 11.6 Å². The second-order valence-electron chi connectivity index (χ2n) is 7.79. The second-order valence-corrected chi connectivity index (χ2v) is 9.51. The Hall–Kier alpha value is -2.31. The number of fused-ring (bicyclic) bond motifs is 1. The van der Waals surface area contributed by atoms with Crippen LogP contribution < -0.4 is 5.32 Å². The molecule has 1 N–H and O–H groups in total. The molecule has 4 rings (SSSR count). The highest BCUT2D eigenvalue weighted by Crippen LogP contribution is 2.43. The van der Waals surface area contributed by atoms with Crippen LogP contribution in [0, 0.1) is 5.92 Å². The van der Waals surface area contributed by atoms with E-state index in [2.05, 4.69) is 10.3 Å². The second kappa shape index (κ2) is 9.23. The van der Waals surface area contributed by atoms with Crippen molar-refractivity contribution in [1.29, 1.82) is 0 Å². The molecule has 156 valence electrons. The quantitative estimate of drug-likeness (QED) is 0.724. The highest BCUT2D eigenvalue weighted by atomic mass is 35.5. The molecule has 2 aliphatic rings. The zero-order valence-electron chi connectivity index (χ0n) is 16.8. The number of pyridine rings is 1. The van der Waals surface area contributed by atoms with Crippen molar-refractivity contribution in [2.75, 3.05) is 7.05 Å². The molecule has 1 aliphatic heterocycles. The molecule has 2 heterocycles. The molecule has 0 radical (unpaired) electrons. The van der Waals surface area contributed by atoms with Crippen molar-refractivity contribution in [3.63, 3.8) is 0 Å². The van der Waals surface area contributed by atoms with E-state index < -0.39 is 0 Å². The highest BCUT2D eigenvalue weighted by Gasteiger charge is 2.42. The maximum absolute atomic E-state index is 13.0. The molecule has 1 aromatic heterocycles. The lowest BCUT2D eigenvalue weighted by molar-refractivity contribution is -0.132. The zero-order chi connectivity index (χ0) is 21.1. The van der Waals surface area contributed by atoms with Crippen LogP contribution in [0.4, 0.5) is 0 Å². The fourth-order valence-electron chi connectivity index (χ4n) is 4.12. The third-order valence-corrected chi connectivity index (χ3v) is 7.40. The topological polar surface area (TPSA) is 62.3 Å². The molecule has 0 bridgehead atoms. The summed E-state index contributed by atoms with van der Waals surface area (Å²) in [7, 11) is 1.85. The standard InChI is InChI=1S/C23H24ClN3O2S/c1-27-19-12-17(22(28)26-14-16-5-3-9-25-13-16)7-8-20(19)30-21(23(27)29)11-15-4-2-6-18(24)10-15/h2-6,9-11,13,17,19-20H,7-8,12,14H2,1H3,(H,26,28)/b21-11-. The Balaban J connectivity index is 1.40. The number of halogens is 1. The van der Waals surface area contributed by atoms with Gasteiger partial charge in [-0.05, 0) is 54.7 Å². The molecule has 3 unspecified atom stereocenters. The molecular formula is C23H24ClN3O2S. The molecule has 2 fully saturated rings. The number of likely N-dealkylation sites (N-methyl/N-ethyl adjacent to an activating group) is 1. The van der Waals surface area contributed by atoms with Gasteiger partial charge in [0.1, 0.15) is 0 Å². The van der Waals surface area contributed by atoms with Crippen molar-refractivity contribution in [2.45, 2.75) is 37.1 Å². The predicted molar refractivity (Wildman–Crippen MR) is 121 cm³/mol. The van der Waals surface area contributed by atoms with Crippen molar-refractivity contribution in [2.24, 2.45) is 5.92 Å². The minimum absolute atomic E-state index is 0.0117. The van der Waals surface area contributed by atoms with E-state index in [0.717, 1.165) is 28.9 Å². The van der Waals surface area contributed by atoms with E-state index in [0.29, 0.717) is 23.2 Å². The van der Waals surface area contributed by atoms with Gasteiger partial charge in [0, 0.05) is 48.2 Å². The van der Waals surface area contributed by atoms with E-state index in [1.54, 1.807) is 24.2 Å². The summed E-state index contributed by atoms with van der Waals surface area (Å²) >= 11 is 7.71. The minimum atomic E-state index is -0.0720. The van der Waals surface area contributed by atoms with Crippen LogP contribution in [-0.4, -0.2) is 40.0 Å². The lowest BCUT2D eigenvalue weighted by Gasteiger charge is -2.44. The normalized spacial score (nSPS) is 25.1. The number of carbonyl (C=O) groups is 2. The predicted octanol–water partition coefficient (Wildman–Crippen LogP) is 4.13. The van der Waals surface area contributed by atoms with Crippen LogP contribution in [0.5, 0.6) is 0 Å². The number of nitrogens with one attached hydrogen (secondary N) is 1. The first-order chi connectivity index (χ1) is 14.5. The van der Waals surface area contributed by atoms with Crippen molar-refractivity contribution in [1.82, 2.24) is 15.2 Å². The van der Waals surface area contributed by atoms with E-state index in [-0.39, 0.29) is 23.8 Å². The van der Waals surface area contributed by atoms with Crippen LogP contribution >= 0.6 is 23.4 Å².